The molecule has 0 bridgehead atoms. The average molecular weight is 1350 g/mol. The highest BCUT2D eigenvalue weighted by molar-refractivity contribution is 14.1. The Morgan fingerprint density at radius 1 is 0.594 bits per heavy atom. The molecule has 0 spiro atoms. The molecule has 0 saturated carbocycles. The van der Waals surface area contributed by atoms with Crippen LogP contribution in [0.4, 0.5) is 11.4 Å². The van der Waals surface area contributed by atoms with Crippen LogP contribution in [0.2, 0.25) is 20.1 Å². The minimum atomic E-state index is -0.0272. The molecule has 8 nitrogen and oxygen atoms in total. The van der Waals surface area contributed by atoms with E-state index < -0.39 is 0 Å². The van der Waals surface area contributed by atoms with E-state index in [1.54, 1.807) is 6.07 Å². The van der Waals surface area contributed by atoms with Gasteiger partial charge in [0.05, 0.1) is 46.7 Å². The minimum absolute atomic E-state index is 0.0180. The molecule has 6 aromatic rings. The van der Waals surface area contributed by atoms with Crippen molar-refractivity contribution < 1.29 is 19.7 Å². The molecule has 368 valence electrons. The second-order valence-corrected chi connectivity index (χ2v) is 22.0. The SMILES string of the molecule is C[C@@H](CI)c1ccc(I)cc1.C[C@@H](CN1CCN(c2ccc(OCCO)cc2Cl)[C@H](c2ccc(Cl)cc2)C1)c1ccc(I)cc1.OCCOc1ccc(N2CCNC[C@H]2c2ccc(Cl)cc2)c(Cl)c1. The van der Waals surface area contributed by atoms with Gasteiger partial charge in [-0.1, -0.05) is 131 Å². The maximum absolute atomic E-state index is 9.03. The number of rotatable bonds is 15. The minimum Gasteiger partial charge on any atom is -0.491 e. The largest absolute Gasteiger partial charge is 0.491 e. The molecular formula is C54H59Cl4I3N4O4. The first-order valence-electron chi connectivity index (χ1n) is 23.0. The van der Waals surface area contributed by atoms with E-state index in [1.165, 1.54) is 33.8 Å². The summed E-state index contributed by atoms with van der Waals surface area (Å²) in [5.74, 6) is 2.46. The lowest BCUT2D eigenvalue weighted by Crippen LogP contribution is -2.49. The van der Waals surface area contributed by atoms with Gasteiger partial charge in [-0.05, 0) is 152 Å². The van der Waals surface area contributed by atoms with Gasteiger partial charge in [0.25, 0.3) is 0 Å². The number of nitrogens with one attached hydrogen (secondary N) is 1. The third-order valence-corrected chi connectivity index (χ3v) is 15.9. The van der Waals surface area contributed by atoms with Crippen LogP contribution in [0, 0.1) is 7.14 Å². The van der Waals surface area contributed by atoms with Gasteiger partial charge in [-0.3, -0.25) is 4.90 Å². The predicted octanol–water partition coefficient (Wildman–Crippen LogP) is 14.0. The summed E-state index contributed by atoms with van der Waals surface area (Å²) in [6, 6.07) is 45.4. The molecule has 0 unspecified atom stereocenters. The van der Waals surface area contributed by atoms with E-state index in [-0.39, 0.29) is 38.5 Å². The van der Waals surface area contributed by atoms with E-state index in [9.17, 15) is 0 Å². The molecule has 0 aromatic heterocycles. The summed E-state index contributed by atoms with van der Waals surface area (Å²) >= 11 is 32.5. The fourth-order valence-corrected chi connectivity index (χ4v) is 10.4. The number of hydrogen-bond acceptors (Lipinski definition) is 8. The first-order chi connectivity index (χ1) is 33.4. The Labute approximate surface area is 469 Å². The number of nitrogens with zero attached hydrogens (tertiary/aromatic N) is 3. The number of anilines is 2. The van der Waals surface area contributed by atoms with Crippen molar-refractivity contribution in [3.8, 4) is 11.5 Å². The van der Waals surface area contributed by atoms with Gasteiger partial charge in [-0.25, -0.2) is 0 Å². The lowest BCUT2D eigenvalue weighted by atomic mass is 9.97. The van der Waals surface area contributed by atoms with Crippen molar-refractivity contribution in [1.82, 2.24) is 10.2 Å². The number of aliphatic hydroxyl groups is 2. The molecule has 4 atom stereocenters. The van der Waals surface area contributed by atoms with Crippen LogP contribution >= 0.6 is 114 Å². The van der Waals surface area contributed by atoms with Crippen LogP contribution in [0.15, 0.2) is 133 Å². The van der Waals surface area contributed by atoms with E-state index in [0.717, 1.165) is 67.2 Å². The number of piperazine rings is 2. The lowest BCUT2D eigenvalue weighted by Gasteiger charge is -2.44. The Bertz CT molecular complexity index is 2480. The molecule has 69 heavy (non-hydrogen) atoms. The zero-order chi connectivity index (χ0) is 49.3. The highest BCUT2D eigenvalue weighted by atomic mass is 127. The Balaban J connectivity index is 0.000000193. The fraction of sp³-hybridized carbons (Fsp3) is 0.333. The molecular weight excluding hydrogens is 1290 g/mol. The molecule has 3 N–H and O–H groups in total. The third-order valence-electron chi connectivity index (χ3n) is 12.0. The number of benzene rings is 6. The standard InChI is InChI=1S/C27H29Cl2IN2O2.C18H20Cl2N2O2.C9H10I2/c1-19(20-4-8-23(30)9-5-20)17-31-12-13-32(27(18-31)21-2-6-22(28)7-3-21)26-11-10-24(16-25(26)29)34-15-14-33;19-14-3-1-13(2-4-14)18-12-21-7-8-22(18)17-6-5-15(11-16(17)20)24-10-9-23;1-7(6-10)8-2-4-9(11)5-3-8/h2-11,16,19,27,33H,12-15,17-18H2,1H3;1-6,11,18,21,23H,7-10,12H2;2-5,7H,6H2,1H3/t19-,27-;18-;7-/m000/s1. The summed E-state index contributed by atoms with van der Waals surface area (Å²) in [4.78, 5) is 7.23. The number of halogens is 7. The van der Waals surface area contributed by atoms with Crippen LogP contribution in [-0.2, 0) is 0 Å². The Morgan fingerprint density at radius 2 is 1.06 bits per heavy atom. The monoisotopic (exact) mass is 1350 g/mol. The molecule has 2 fully saturated rings. The van der Waals surface area contributed by atoms with Crippen LogP contribution in [0.5, 0.6) is 11.5 Å². The molecule has 15 heteroatoms. The summed E-state index contributed by atoms with van der Waals surface area (Å²) in [5.41, 5.74) is 7.20. The Kier molecular flexibility index (Phi) is 23.4. The van der Waals surface area contributed by atoms with E-state index in [1.807, 2.05) is 54.6 Å². The van der Waals surface area contributed by atoms with Crippen LogP contribution in [0.3, 0.4) is 0 Å². The van der Waals surface area contributed by atoms with Crippen LogP contribution in [-0.4, -0.2) is 91.8 Å². The Hall–Kier alpha value is -2.29. The van der Waals surface area contributed by atoms with Crippen LogP contribution in [0.1, 0.15) is 60.0 Å². The number of aliphatic hydroxyl groups excluding tert-OH is 2. The summed E-state index contributed by atoms with van der Waals surface area (Å²) in [5, 5.41) is 24.1. The molecule has 2 aliphatic rings. The van der Waals surface area contributed by atoms with Gasteiger partial charge in [0, 0.05) is 79.6 Å². The van der Waals surface area contributed by atoms with Gasteiger partial charge in [-0.15, -0.1) is 0 Å². The second kappa shape index (κ2) is 28.8. The number of hydrogen-bond donors (Lipinski definition) is 3. The van der Waals surface area contributed by atoms with Crippen molar-refractivity contribution in [3.05, 3.63) is 183 Å². The van der Waals surface area contributed by atoms with Crippen molar-refractivity contribution in [1.29, 1.82) is 0 Å². The maximum atomic E-state index is 9.03. The first-order valence-corrected chi connectivity index (χ1v) is 28.2. The molecule has 0 amide bonds. The molecule has 0 aliphatic carbocycles. The van der Waals surface area contributed by atoms with Gasteiger partial charge >= 0.3 is 0 Å². The lowest BCUT2D eigenvalue weighted by molar-refractivity contribution is 0.201. The van der Waals surface area contributed by atoms with Gasteiger partial charge in [0.1, 0.15) is 24.7 Å². The first kappa shape index (κ1) is 56.0. The average Bonchev–Trinajstić information content (AvgIpc) is 3.36. The molecule has 2 heterocycles. The van der Waals surface area contributed by atoms with Crippen molar-refractivity contribution >= 4 is 126 Å². The summed E-state index contributed by atoms with van der Waals surface area (Å²) in [6.07, 6.45) is 0. The second-order valence-electron chi connectivity index (χ2n) is 16.9. The van der Waals surface area contributed by atoms with E-state index in [0.29, 0.717) is 33.4 Å². The molecule has 8 rings (SSSR count). The highest BCUT2D eigenvalue weighted by Crippen LogP contribution is 2.39. The van der Waals surface area contributed by atoms with Gasteiger partial charge < -0.3 is 34.8 Å². The quantitative estimate of drug-likeness (QED) is 0.0693. The topological polar surface area (TPSA) is 80.7 Å². The van der Waals surface area contributed by atoms with Gasteiger partial charge in [0.2, 0.25) is 0 Å². The van der Waals surface area contributed by atoms with Gasteiger partial charge in [0.15, 0.2) is 0 Å². The predicted molar refractivity (Wildman–Crippen MR) is 314 cm³/mol. The van der Waals surface area contributed by atoms with Crippen LogP contribution in [0.25, 0.3) is 0 Å². The zero-order valence-corrected chi connectivity index (χ0v) is 48.2. The van der Waals surface area contributed by atoms with Crippen molar-refractivity contribution in [2.45, 2.75) is 37.8 Å². The number of alkyl halides is 1. The smallest absolute Gasteiger partial charge is 0.121 e. The van der Waals surface area contributed by atoms with Crippen molar-refractivity contribution in [3.63, 3.8) is 0 Å². The fourth-order valence-electron chi connectivity index (χ4n) is 8.35. The third kappa shape index (κ3) is 16.9. The summed E-state index contributed by atoms with van der Waals surface area (Å²) in [6.45, 7) is 11.4. The van der Waals surface area contributed by atoms with Crippen molar-refractivity contribution in [2.75, 3.05) is 86.5 Å². The van der Waals surface area contributed by atoms with Crippen molar-refractivity contribution in [2.24, 2.45) is 0 Å². The number of ether oxygens (including phenoxy) is 2. The Morgan fingerprint density at radius 3 is 1.52 bits per heavy atom. The zero-order valence-electron chi connectivity index (χ0n) is 38.7. The summed E-state index contributed by atoms with van der Waals surface area (Å²) < 4.78 is 14.7. The van der Waals surface area contributed by atoms with Crippen LogP contribution < -0.4 is 24.6 Å². The molecule has 2 saturated heterocycles. The van der Waals surface area contributed by atoms with E-state index in [4.69, 9.17) is 66.1 Å². The van der Waals surface area contributed by atoms with E-state index in [2.05, 4.69) is 174 Å². The molecule has 2 aliphatic heterocycles. The van der Waals surface area contributed by atoms with E-state index >= 15 is 0 Å². The normalized spacial score (nSPS) is 16.9. The maximum Gasteiger partial charge on any atom is 0.121 e. The molecule has 6 aromatic carbocycles. The highest BCUT2D eigenvalue weighted by Gasteiger charge is 2.31. The molecule has 0 radical (unpaired) electrons. The van der Waals surface area contributed by atoms with Gasteiger partial charge in [-0.2, -0.15) is 0 Å². The summed E-state index contributed by atoms with van der Waals surface area (Å²) in [7, 11) is 0.